The van der Waals surface area contributed by atoms with Gasteiger partial charge in [-0.05, 0) is 25.5 Å². The first-order valence-corrected chi connectivity index (χ1v) is 5.31. The molecular weight excluding hydrogens is 210 g/mol. The van der Waals surface area contributed by atoms with Gasteiger partial charge in [0.05, 0.1) is 18.2 Å². The minimum atomic E-state index is 0.506. The summed E-state index contributed by atoms with van der Waals surface area (Å²) in [6.07, 6.45) is 6.12. The number of rotatable bonds is 7. The monoisotopic (exact) mass is 225 g/mol. The second kappa shape index (κ2) is 9.51. The summed E-state index contributed by atoms with van der Waals surface area (Å²) in [5.41, 5.74) is 1.45. The molecule has 3 heteroatoms. The third-order valence-electron chi connectivity index (χ3n) is 1.46. The Morgan fingerprint density at radius 1 is 1.60 bits per heavy atom. The molecule has 0 N–H and O–H groups in total. The van der Waals surface area contributed by atoms with Gasteiger partial charge in [0.15, 0.2) is 0 Å². The Morgan fingerprint density at radius 2 is 2.33 bits per heavy atom. The lowest BCUT2D eigenvalue weighted by molar-refractivity contribution is 0.163. The predicted molar refractivity (Wildman–Crippen MR) is 63.8 cm³/mol. The minimum absolute atomic E-state index is 0.506. The van der Waals surface area contributed by atoms with Crippen molar-refractivity contribution in [3.8, 4) is 6.07 Å². The first kappa shape index (κ1) is 14.0. The van der Waals surface area contributed by atoms with Gasteiger partial charge < -0.3 is 4.74 Å². The van der Waals surface area contributed by atoms with Crippen LogP contribution in [0.1, 0.15) is 13.3 Å². The average molecular weight is 226 g/mol. The van der Waals surface area contributed by atoms with Gasteiger partial charge in [0, 0.05) is 12.5 Å². The fourth-order valence-electron chi connectivity index (χ4n) is 0.866. The van der Waals surface area contributed by atoms with Gasteiger partial charge in [-0.15, -0.1) is 11.6 Å². The van der Waals surface area contributed by atoms with Crippen molar-refractivity contribution in [3.05, 3.63) is 36.0 Å². The Morgan fingerprint density at radius 3 is 2.87 bits per heavy atom. The van der Waals surface area contributed by atoms with Crippen molar-refractivity contribution >= 4 is 11.6 Å². The first-order chi connectivity index (χ1) is 7.20. The molecule has 0 aromatic carbocycles. The number of hydrogen-bond donors (Lipinski definition) is 0. The zero-order valence-electron chi connectivity index (χ0n) is 9.00. The summed E-state index contributed by atoms with van der Waals surface area (Å²) in [6, 6.07) is 2.07. The van der Waals surface area contributed by atoms with E-state index in [1.807, 2.05) is 13.0 Å². The smallest absolute Gasteiger partial charge is 0.0991 e. The summed E-state index contributed by atoms with van der Waals surface area (Å²) in [5, 5.41) is 8.75. The van der Waals surface area contributed by atoms with Crippen molar-refractivity contribution in [3.63, 3.8) is 0 Å². The molecule has 0 amide bonds. The van der Waals surface area contributed by atoms with E-state index in [0.29, 0.717) is 24.7 Å². The third-order valence-corrected chi connectivity index (χ3v) is 1.73. The summed E-state index contributed by atoms with van der Waals surface area (Å²) in [6.45, 7) is 6.71. The average Bonchev–Trinajstić information content (AvgIpc) is 2.20. The summed E-state index contributed by atoms with van der Waals surface area (Å²) >= 11 is 5.48. The molecule has 0 spiro atoms. The number of nitriles is 1. The number of ether oxygens (including phenoxy) is 1. The molecular formula is C12H16ClNO. The van der Waals surface area contributed by atoms with Gasteiger partial charge in [-0.3, -0.25) is 0 Å². The van der Waals surface area contributed by atoms with Crippen LogP contribution in [0.4, 0.5) is 0 Å². The van der Waals surface area contributed by atoms with E-state index in [4.69, 9.17) is 21.6 Å². The van der Waals surface area contributed by atoms with Crippen molar-refractivity contribution in [2.45, 2.75) is 13.3 Å². The highest BCUT2D eigenvalue weighted by molar-refractivity contribution is 6.17. The molecule has 0 unspecified atom stereocenters. The van der Waals surface area contributed by atoms with E-state index >= 15 is 0 Å². The number of alkyl halides is 1. The van der Waals surface area contributed by atoms with Crippen LogP contribution in [0, 0.1) is 11.3 Å². The van der Waals surface area contributed by atoms with Crippen LogP contribution in [-0.2, 0) is 4.74 Å². The Bertz CT molecular complexity index is 286. The molecule has 15 heavy (non-hydrogen) atoms. The van der Waals surface area contributed by atoms with Gasteiger partial charge in [-0.1, -0.05) is 18.2 Å². The lowest BCUT2D eigenvalue weighted by Gasteiger charge is -1.97. The van der Waals surface area contributed by atoms with Crippen LogP contribution in [0.2, 0.25) is 0 Å². The molecule has 0 aliphatic rings. The van der Waals surface area contributed by atoms with Crippen molar-refractivity contribution < 1.29 is 4.74 Å². The number of nitrogens with zero attached hydrogens (tertiary/aromatic N) is 1. The fourth-order valence-corrected chi connectivity index (χ4v) is 0.975. The third kappa shape index (κ3) is 9.27. The van der Waals surface area contributed by atoms with E-state index in [-0.39, 0.29) is 0 Å². The Kier molecular flexibility index (Phi) is 8.85. The highest BCUT2D eigenvalue weighted by Crippen LogP contribution is 2.00. The Labute approximate surface area is 96.5 Å². The summed E-state index contributed by atoms with van der Waals surface area (Å²) in [5.74, 6) is 0.614. The highest BCUT2D eigenvalue weighted by Gasteiger charge is 1.88. The summed E-state index contributed by atoms with van der Waals surface area (Å²) in [4.78, 5) is 0. The van der Waals surface area contributed by atoms with Crippen LogP contribution < -0.4 is 0 Å². The van der Waals surface area contributed by atoms with Gasteiger partial charge in [-0.2, -0.15) is 5.26 Å². The molecule has 0 bridgehead atoms. The standard InChI is InChI=1S/C12H16ClNO/c1-11(2)9-12(10-14)5-3-7-15-8-4-6-13/h3,5,9H,1,4,6-8H2,2H3/b5-3-,12-9+. The Hall–Kier alpha value is -1.04. The molecule has 2 nitrogen and oxygen atoms in total. The Balaban J connectivity index is 3.84. The lowest BCUT2D eigenvalue weighted by Crippen LogP contribution is -1.94. The van der Waals surface area contributed by atoms with E-state index in [2.05, 4.69) is 12.6 Å². The van der Waals surface area contributed by atoms with E-state index in [1.165, 1.54) is 0 Å². The maximum Gasteiger partial charge on any atom is 0.0991 e. The zero-order valence-corrected chi connectivity index (χ0v) is 9.76. The van der Waals surface area contributed by atoms with Crippen LogP contribution in [0.25, 0.3) is 0 Å². The minimum Gasteiger partial charge on any atom is -0.377 e. The molecule has 0 rings (SSSR count). The molecule has 0 heterocycles. The topological polar surface area (TPSA) is 33.0 Å². The zero-order chi connectivity index (χ0) is 11.5. The van der Waals surface area contributed by atoms with Gasteiger partial charge >= 0.3 is 0 Å². The molecule has 82 valence electrons. The first-order valence-electron chi connectivity index (χ1n) is 4.78. The quantitative estimate of drug-likeness (QED) is 0.289. The van der Waals surface area contributed by atoms with Crippen LogP contribution in [0.15, 0.2) is 36.0 Å². The normalized spacial score (nSPS) is 11.7. The molecule has 0 saturated heterocycles. The molecule has 0 radical (unpaired) electrons. The summed E-state index contributed by atoms with van der Waals surface area (Å²) in [7, 11) is 0. The molecule has 0 aromatic heterocycles. The van der Waals surface area contributed by atoms with Gasteiger partial charge in [-0.25, -0.2) is 0 Å². The van der Waals surface area contributed by atoms with E-state index in [9.17, 15) is 0 Å². The molecule has 0 aliphatic carbocycles. The molecule has 0 aliphatic heterocycles. The van der Waals surface area contributed by atoms with Gasteiger partial charge in [0.2, 0.25) is 0 Å². The van der Waals surface area contributed by atoms with Crippen molar-refractivity contribution in [2.24, 2.45) is 0 Å². The maximum atomic E-state index is 8.75. The largest absolute Gasteiger partial charge is 0.377 e. The van der Waals surface area contributed by atoms with Crippen molar-refractivity contribution in [1.29, 1.82) is 5.26 Å². The second-order valence-corrected chi connectivity index (χ2v) is 3.46. The lowest BCUT2D eigenvalue weighted by atomic mass is 10.2. The predicted octanol–water partition coefficient (Wildman–Crippen LogP) is 3.21. The van der Waals surface area contributed by atoms with Gasteiger partial charge in [0.25, 0.3) is 0 Å². The van der Waals surface area contributed by atoms with Crippen LogP contribution in [-0.4, -0.2) is 19.1 Å². The highest BCUT2D eigenvalue weighted by atomic mass is 35.5. The van der Waals surface area contributed by atoms with E-state index in [0.717, 1.165) is 12.0 Å². The SMILES string of the molecule is C=C(C)/C=C(C#N)\C=C/COCCCCl. The second-order valence-electron chi connectivity index (χ2n) is 3.08. The van der Waals surface area contributed by atoms with Crippen LogP contribution >= 0.6 is 11.6 Å². The number of hydrogen-bond acceptors (Lipinski definition) is 2. The van der Waals surface area contributed by atoms with Gasteiger partial charge in [0.1, 0.15) is 0 Å². The van der Waals surface area contributed by atoms with Crippen molar-refractivity contribution in [1.82, 2.24) is 0 Å². The fraction of sp³-hybridized carbons (Fsp3) is 0.417. The maximum absolute atomic E-state index is 8.75. The van der Waals surface area contributed by atoms with Crippen LogP contribution in [0.5, 0.6) is 0 Å². The van der Waals surface area contributed by atoms with E-state index in [1.54, 1.807) is 12.2 Å². The van der Waals surface area contributed by atoms with E-state index < -0.39 is 0 Å². The van der Waals surface area contributed by atoms with Crippen molar-refractivity contribution in [2.75, 3.05) is 19.1 Å². The molecule has 0 aromatic rings. The number of allylic oxidation sites excluding steroid dienone is 4. The molecule has 0 fully saturated rings. The molecule has 0 saturated carbocycles. The number of halogens is 1. The summed E-state index contributed by atoms with van der Waals surface area (Å²) < 4.78 is 5.24. The molecule has 0 atom stereocenters. The van der Waals surface area contributed by atoms with Crippen LogP contribution in [0.3, 0.4) is 0 Å².